The molecule has 10 nitrogen and oxygen atoms in total. The molecule has 2 heterocycles. The number of nitrogens with zero attached hydrogens (tertiary/aromatic N) is 1. The quantitative estimate of drug-likeness (QED) is 0.323. The molecule has 34 heavy (non-hydrogen) atoms. The molecular weight excluding hydrogens is 440 g/mol. The normalized spacial score (nSPS) is 19.9. The van der Waals surface area contributed by atoms with Crippen molar-refractivity contribution in [3.8, 4) is 0 Å². The second-order valence-electron chi connectivity index (χ2n) is 8.45. The molecule has 0 spiro atoms. The van der Waals surface area contributed by atoms with E-state index in [1.807, 2.05) is 6.92 Å². The number of amides is 3. The van der Waals surface area contributed by atoms with Crippen LogP contribution < -0.4 is 16.0 Å². The third kappa shape index (κ3) is 7.44. The maximum absolute atomic E-state index is 12.9. The largest absolute Gasteiger partial charge is 0.466 e. The molecule has 1 aromatic carbocycles. The van der Waals surface area contributed by atoms with Crippen molar-refractivity contribution in [1.29, 1.82) is 0 Å². The number of carbonyl (C=O) groups is 4. The summed E-state index contributed by atoms with van der Waals surface area (Å²) < 4.78 is 10.7. The van der Waals surface area contributed by atoms with E-state index in [1.165, 1.54) is 4.90 Å². The predicted molar refractivity (Wildman–Crippen MR) is 125 cm³/mol. The van der Waals surface area contributed by atoms with Gasteiger partial charge >= 0.3 is 5.97 Å². The van der Waals surface area contributed by atoms with Crippen molar-refractivity contribution in [3.05, 3.63) is 29.8 Å². The van der Waals surface area contributed by atoms with Crippen molar-refractivity contribution in [2.45, 2.75) is 51.2 Å². The number of benzene rings is 1. The van der Waals surface area contributed by atoms with Crippen molar-refractivity contribution < 1.29 is 28.7 Å². The van der Waals surface area contributed by atoms with Crippen molar-refractivity contribution in [3.63, 3.8) is 0 Å². The van der Waals surface area contributed by atoms with Gasteiger partial charge in [0, 0.05) is 37.5 Å². The second kappa shape index (κ2) is 12.9. The minimum atomic E-state index is -0.896. The topological polar surface area (TPSA) is 126 Å². The smallest absolute Gasteiger partial charge is 0.308 e. The van der Waals surface area contributed by atoms with Crippen molar-refractivity contribution in [2.24, 2.45) is 0 Å². The molecule has 3 amide bonds. The zero-order valence-electron chi connectivity index (χ0n) is 19.6. The average molecular weight is 475 g/mol. The first kappa shape index (κ1) is 25.5. The lowest BCUT2D eigenvalue weighted by atomic mass is 10.1. The summed E-state index contributed by atoms with van der Waals surface area (Å²) in [6.45, 7) is 4.05. The molecule has 0 bridgehead atoms. The van der Waals surface area contributed by atoms with Crippen molar-refractivity contribution >= 4 is 29.4 Å². The van der Waals surface area contributed by atoms with Crippen LogP contribution in [0.25, 0.3) is 0 Å². The molecule has 2 fully saturated rings. The Kier molecular flexibility index (Phi) is 9.69. The highest BCUT2D eigenvalue weighted by Gasteiger charge is 2.35. The summed E-state index contributed by atoms with van der Waals surface area (Å²) in [5.74, 6) is -1.38. The van der Waals surface area contributed by atoms with Crippen LogP contribution in [-0.4, -0.2) is 80.1 Å². The fourth-order valence-corrected chi connectivity index (χ4v) is 3.93. The fourth-order valence-electron chi connectivity index (χ4n) is 3.93. The monoisotopic (exact) mass is 474 g/mol. The van der Waals surface area contributed by atoms with E-state index in [2.05, 4.69) is 16.0 Å². The molecule has 1 aromatic rings. The summed E-state index contributed by atoms with van der Waals surface area (Å²) >= 11 is 0. The number of piperazine rings is 1. The number of anilines is 1. The van der Waals surface area contributed by atoms with Crippen LogP contribution in [0.15, 0.2) is 24.3 Å². The number of carbonyl (C=O) groups excluding carboxylic acids is 4. The maximum Gasteiger partial charge on any atom is 0.308 e. The third-order valence-electron chi connectivity index (χ3n) is 5.85. The fraction of sp³-hybridized carbons (Fsp3) is 0.583. The van der Waals surface area contributed by atoms with E-state index < -0.39 is 12.0 Å². The van der Waals surface area contributed by atoms with E-state index in [0.29, 0.717) is 37.5 Å². The van der Waals surface area contributed by atoms with Crippen LogP contribution in [0.1, 0.15) is 49.4 Å². The van der Waals surface area contributed by atoms with Gasteiger partial charge < -0.3 is 30.3 Å². The summed E-state index contributed by atoms with van der Waals surface area (Å²) in [7, 11) is 0. The Labute approximate surface area is 199 Å². The van der Waals surface area contributed by atoms with Gasteiger partial charge in [-0.3, -0.25) is 19.2 Å². The van der Waals surface area contributed by atoms with Gasteiger partial charge in [-0.1, -0.05) is 19.4 Å². The van der Waals surface area contributed by atoms with E-state index in [9.17, 15) is 19.2 Å². The van der Waals surface area contributed by atoms with Gasteiger partial charge in [-0.05, 0) is 37.5 Å². The summed E-state index contributed by atoms with van der Waals surface area (Å²) in [5, 5.41) is 8.60. The number of rotatable bonds is 11. The summed E-state index contributed by atoms with van der Waals surface area (Å²) in [6.07, 6.45) is 3.47. The number of hydrogen-bond acceptors (Lipinski definition) is 7. The Morgan fingerprint density at radius 1 is 1.29 bits per heavy atom. The number of ether oxygens (including phenoxy) is 2. The molecular formula is C24H34N4O6. The van der Waals surface area contributed by atoms with E-state index >= 15 is 0 Å². The molecule has 0 saturated carbocycles. The van der Waals surface area contributed by atoms with Gasteiger partial charge in [0.1, 0.15) is 6.04 Å². The van der Waals surface area contributed by atoms with Crippen LogP contribution in [0.3, 0.4) is 0 Å². The van der Waals surface area contributed by atoms with Crippen LogP contribution >= 0.6 is 0 Å². The van der Waals surface area contributed by atoms with E-state index in [4.69, 9.17) is 9.47 Å². The molecule has 0 radical (unpaired) electrons. The first-order valence-electron chi connectivity index (χ1n) is 11.9. The minimum absolute atomic E-state index is 0.0569. The van der Waals surface area contributed by atoms with Crippen molar-refractivity contribution in [1.82, 2.24) is 15.5 Å². The third-order valence-corrected chi connectivity index (χ3v) is 5.85. The molecule has 10 heteroatoms. The van der Waals surface area contributed by atoms with E-state index in [-0.39, 0.29) is 36.8 Å². The lowest BCUT2D eigenvalue weighted by Gasteiger charge is -2.34. The van der Waals surface area contributed by atoms with Crippen molar-refractivity contribution in [2.75, 3.05) is 44.7 Å². The highest BCUT2D eigenvalue weighted by Crippen LogP contribution is 2.15. The Morgan fingerprint density at radius 2 is 2.15 bits per heavy atom. The lowest BCUT2D eigenvalue weighted by Crippen LogP contribution is -2.58. The Bertz CT molecular complexity index is 871. The Hall–Kier alpha value is -3.14. The van der Waals surface area contributed by atoms with Gasteiger partial charge in [0.2, 0.25) is 11.8 Å². The highest BCUT2D eigenvalue weighted by atomic mass is 16.5. The zero-order chi connectivity index (χ0) is 24.3. The first-order valence-corrected chi connectivity index (χ1v) is 11.9. The zero-order valence-corrected chi connectivity index (χ0v) is 19.6. The molecule has 3 N–H and O–H groups in total. The molecule has 2 aliphatic heterocycles. The molecule has 0 aromatic heterocycles. The highest BCUT2D eigenvalue weighted by molar-refractivity contribution is 5.95. The van der Waals surface area contributed by atoms with Gasteiger partial charge in [0.05, 0.1) is 25.7 Å². The molecule has 2 saturated heterocycles. The minimum Gasteiger partial charge on any atom is -0.466 e. The van der Waals surface area contributed by atoms with Gasteiger partial charge in [-0.2, -0.15) is 0 Å². The van der Waals surface area contributed by atoms with Crippen LogP contribution in [0, 0.1) is 0 Å². The number of unbranched alkanes of at least 4 members (excludes halogenated alkanes) is 1. The number of hydrogen-bond donors (Lipinski definition) is 3. The number of nitrogens with one attached hydrogen (secondary N) is 3. The van der Waals surface area contributed by atoms with Gasteiger partial charge in [0.25, 0.3) is 5.91 Å². The summed E-state index contributed by atoms with van der Waals surface area (Å²) in [5.41, 5.74) is 1.08. The summed E-state index contributed by atoms with van der Waals surface area (Å²) in [4.78, 5) is 51.2. The molecule has 2 aliphatic rings. The van der Waals surface area contributed by atoms with Crippen LogP contribution in [0.4, 0.5) is 5.69 Å². The van der Waals surface area contributed by atoms with E-state index in [0.717, 1.165) is 32.3 Å². The maximum atomic E-state index is 12.9. The van der Waals surface area contributed by atoms with Crippen LogP contribution in [-0.2, 0) is 23.9 Å². The summed E-state index contributed by atoms with van der Waals surface area (Å²) in [6, 6.07) is 5.97. The SMILES string of the molecule is CCCCOC(=O)CC1C(=O)NCCN1C(=O)CNc1cccc(C(=O)NCC2CCCO2)c1. The number of esters is 1. The van der Waals surface area contributed by atoms with Crippen LogP contribution in [0.2, 0.25) is 0 Å². The van der Waals surface area contributed by atoms with Gasteiger partial charge in [0.15, 0.2) is 0 Å². The lowest BCUT2D eigenvalue weighted by molar-refractivity contribution is -0.151. The standard InChI is InChI=1S/C24H34N4O6/c1-2-3-11-34-22(30)14-20-24(32)25-9-10-28(20)21(29)16-26-18-7-4-6-17(13-18)23(31)27-15-19-8-5-12-33-19/h4,6-7,13,19-20,26H,2-3,5,8-12,14-16H2,1H3,(H,25,32)(H,27,31). The van der Waals surface area contributed by atoms with E-state index in [1.54, 1.807) is 24.3 Å². The molecule has 2 unspecified atom stereocenters. The van der Waals surface area contributed by atoms with Gasteiger partial charge in [-0.25, -0.2) is 0 Å². The van der Waals surface area contributed by atoms with Gasteiger partial charge in [-0.15, -0.1) is 0 Å². The average Bonchev–Trinajstić information content (AvgIpc) is 3.36. The predicted octanol–water partition coefficient (Wildman–Crippen LogP) is 1.07. The molecule has 0 aliphatic carbocycles. The Balaban J connectivity index is 1.52. The molecule has 186 valence electrons. The second-order valence-corrected chi connectivity index (χ2v) is 8.45. The molecule has 3 rings (SSSR count). The molecule has 2 atom stereocenters. The Morgan fingerprint density at radius 3 is 2.91 bits per heavy atom. The first-order chi connectivity index (χ1) is 16.5. The van der Waals surface area contributed by atoms with Crippen LogP contribution in [0.5, 0.6) is 0 Å².